The molecule has 0 radical (unpaired) electrons. The second-order valence-corrected chi connectivity index (χ2v) is 12.9. The first-order chi connectivity index (χ1) is 20.0. The van der Waals surface area contributed by atoms with Crippen molar-refractivity contribution in [2.75, 3.05) is 13.1 Å². The Balaban J connectivity index is 1.59. The molecule has 232 valence electrons. The van der Waals surface area contributed by atoms with Crippen LogP contribution in [0.2, 0.25) is 0 Å². The number of hydrogen-bond acceptors (Lipinski definition) is 4. The highest BCUT2D eigenvalue weighted by Gasteiger charge is 2.51. The molecule has 2 fully saturated rings. The molecule has 2 aliphatic rings. The summed E-state index contributed by atoms with van der Waals surface area (Å²) in [5.74, 6) is 0.523. The molecule has 0 aliphatic heterocycles. The monoisotopic (exact) mass is 579 g/mol. The van der Waals surface area contributed by atoms with Crippen LogP contribution in [0, 0.1) is 22.7 Å². The third kappa shape index (κ3) is 8.33. The lowest BCUT2D eigenvalue weighted by atomic mass is 9.56. The third-order valence-electron chi connectivity index (χ3n) is 9.79. The van der Waals surface area contributed by atoms with Crippen LogP contribution >= 0.6 is 0 Å². The van der Waals surface area contributed by atoms with Crippen LogP contribution in [0.1, 0.15) is 108 Å². The van der Waals surface area contributed by atoms with Crippen LogP contribution in [0.25, 0.3) is 0 Å². The first-order valence-corrected chi connectivity index (χ1v) is 15.9. The van der Waals surface area contributed by atoms with Gasteiger partial charge in [-0.2, -0.15) is 0 Å². The van der Waals surface area contributed by atoms with Crippen molar-refractivity contribution in [3.63, 3.8) is 0 Å². The summed E-state index contributed by atoms with van der Waals surface area (Å²) in [6, 6.07) is 7.33. The quantitative estimate of drug-likeness (QED) is 0.155. The number of amides is 3. The number of carbonyl (C=O) groups is 3. The van der Waals surface area contributed by atoms with Crippen molar-refractivity contribution in [3.05, 3.63) is 59.7 Å². The van der Waals surface area contributed by atoms with E-state index >= 15 is 0 Å². The van der Waals surface area contributed by atoms with Gasteiger partial charge in [-0.05, 0) is 92.7 Å². The molecular formula is C35H53N3O4. The minimum Gasteiger partial charge on any atom is -0.393 e. The summed E-state index contributed by atoms with van der Waals surface area (Å²) in [7, 11) is 0. The van der Waals surface area contributed by atoms with Crippen molar-refractivity contribution in [2.24, 2.45) is 22.7 Å². The molecule has 0 bridgehead atoms. The van der Waals surface area contributed by atoms with Gasteiger partial charge in [0.1, 0.15) is 0 Å². The normalized spacial score (nSPS) is 25.7. The fraction of sp³-hybridized carbons (Fsp3) is 0.629. The van der Waals surface area contributed by atoms with Gasteiger partial charge in [0.25, 0.3) is 5.91 Å². The van der Waals surface area contributed by atoms with E-state index in [-0.39, 0.29) is 34.7 Å². The van der Waals surface area contributed by atoms with Gasteiger partial charge in [0.2, 0.25) is 11.8 Å². The van der Waals surface area contributed by atoms with Crippen molar-refractivity contribution < 1.29 is 19.5 Å². The van der Waals surface area contributed by atoms with Crippen molar-refractivity contribution in [1.82, 2.24) is 16.0 Å². The lowest BCUT2D eigenvalue weighted by molar-refractivity contribution is -0.143. The molecule has 7 nitrogen and oxygen atoms in total. The number of rotatable bonds is 15. The first-order valence-electron chi connectivity index (χ1n) is 15.9. The van der Waals surface area contributed by atoms with Crippen LogP contribution in [-0.2, 0) is 16.1 Å². The summed E-state index contributed by atoms with van der Waals surface area (Å²) in [4.78, 5) is 37.2. The molecule has 0 spiro atoms. The molecule has 3 amide bonds. The van der Waals surface area contributed by atoms with Crippen molar-refractivity contribution >= 4 is 17.7 Å². The summed E-state index contributed by atoms with van der Waals surface area (Å²) in [6.07, 6.45) is 13.7. The molecule has 3 rings (SSSR count). The second kappa shape index (κ2) is 15.5. The minimum atomic E-state index is -0.323. The maximum atomic E-state index is 13.6. The Morgan fingerprint density at radius 1 is 1.07 bits per heavy atom. The van der Waals surface area contributed by atoms with E-state index in [0.29, 0.717) is 37.0 Å². The fourth-order valence-corrected chi connectivity index (χ4v) is 7.12. The molecule has 0 saturated heterocycles. The van der Waals surface area contributed by atoms with Crippen molar-refractivity contribution in [3.8, 4) is 0 Å². The van der Waals surface area contributed by atoms with Crippen LogP contribution in [-0.4, -0.2) is 42.0 Å². The molecule has 4 unspecified atom stereocenters. The highest BCUT2D eigenvalue weighted by atomic mass is 16.3. The average Bonchev–Trinajstić information content (AvgIpc) is 2.95. The van der Waals surface area contributed by atoms with E-state index in [1.165, 1.54) is 12.5 Å². The Morgan fingerprint density at radius 3 is 2.50 bits per heavy atom. The number of hydrogen-bond donors (Lipinski definition) is 4. The maximum Gasteiger partial charge on any atom is 0.251 e. The maximum absolute atomic E-state index is 13.6. The van der Waals surface area contributed by atoms with Crippen molar-refractivity contribution in [2.45, 2.75) is 105 Å². The molecule has 4 atom stereocenters. The standard InChI is InChI=1S/C35H53N3O4/c1-6-8-15-30-27(16-17-31(40)34(30,4)5)12-10-14-29-18-20-35(29,19-7-2)33(42)38-24-26-11-9-13-28(23-26)32(41)37-22-21-36-25(3)39/h6,9,11-13,23,29-31,40H,1,7-8,10,14-22,24H2,2-5H3,(H,36,39)(H,37,41)(H,38,42)/b27-12-. The number of allylic oxidation sites excluding steroid dienone is 3. The molecule has 4 N–H and O–H groups in total. The Bertz CT molecular complexity index is 1130. The van der Waals surface area contributed by atoms with Gasteiger partial charge in [-0.25, -0.2) is 0 Å². The highest BCUT2D eigenvalue weighted by molar-refractivity contribution is 5.94. The Labute approximate surface area is 253 Å². The van der Waals surface area contributed by atoms with Crippen LogP contribution < -0.4 is 16.0 Å². The van der Waals surface area contributed by atoms with Gasteiger partial charge in [-0.3, -0.25) is 14.4 Å². The lowest BCUT2D eigenvalue weighted by Gasteiger charge is -2.49. The predicted octanol–water partition coefficient (Wildman–Crippen LogP) is 5.84. The number of benzene rings is 1. The summed E-state index contributed by atoms with van der Waals surface area (Å²) in [5, 5.41) is 19.4. The van der Waals surface area contributed by atoms with Crippen molar-refractivity contribution in [1.29, 1.82) is 0 Å². The molecule has 2 saturated carbocycles. The van der Waals surface area contributed by atoms with Gasteiger partial charge in [0.15, 0.2) is 0 Å². The van der Waals surface area contributed by atoms with E-state index in [1.807, 2.05) is 24.3 Å². The number of aliphatic hydroxyl groups is 1. The largest absolute Gasteiger partial charge is 0.393 e. The zero-order valence-electron chi connectivity index (χ0n) is 26.3. The van der Waals surface area contributed by atoms with E-state index < -0.39 is 0 Å². The Kier molecular flexibility index (Phi) is 12.4. The summed E-state index contributed by atoms with van der Waals surface area (Å²) in [5.41, 5.74) is 2.43. The van der Waals surface area contributed by atoms with Crippen LogP contribution in [0.15, 0.2) is 48.6 Å². The summed E-state index contributed by atoms with van der Waals surface area (Å²) < 4.78 is 0. The molecule has 0 heterocycles. The third-order valence-corrected chi connectivity index (χ3v) is 9.79. The Morgan fingerprint density at radius 2 is 1.83 bits per heavy atom. The molecular weight excluding hydrogens is 526 g/mol. The zero-order valence-corrected chi connectivity index (χ0v) is 26.3. The highest BCUT2D eigenvalue weighted by Crippen LogP contribution is 2.53. The number of carbonyl (C=O) groups excluding carboxylic acids is 3. The molecule has 1 aromatic rings. The second-order valence-electron chi connectivity index (χ2n) is 12.9. The van der Waals surface area contributed by atoms with E-state index in [1.54, 1.807) is 6.07 Å². The van der Waals surface area contributed by atoms with E-state index in [2.05, 4.69) is 49.4 Å². The predicted molar refractivity (Wildman–Crippen MR) is 169 cm³/mol. The zero-order chi connectivity index (χ0) is 30.8. The molecule has 7 heteroatoms. The van der Waals surface area contributed by atoms with Crippen LogP contribution in [0.3, 0.4) is 0 Å². The van der Waals surface area contributed by atoms with Gasteiger partial charge < -0.3 is 21.1 Å². The lowest BCUT2D eigenvalue weighted by Crippen LogP contribution is -2.51. The molecule has 42 heavy (non-hydrogen) atoms. The molecule has 1 aromatic carbocycles. The first kappa shape index (κ1) is 33.6. The fourth-order valence-electron chi connectivity index (χ4n) is 7.12. The smallest absolute Gasteiger partial charge is 0.251 e. The van der Waals surface area contributed by atoms with Gasteiger partial charge in [0.05, 0.1) is 11.5 Å². The van der Waals surface area contributed by atoms with Gasteiger partial charge >= 0.3 is 0 Å². The summed E-state index contributed by atoms with van der Waals surface area (Å²) in [6.45, 7) is 13.0. The Hall–Kier alpha value is -2.93. The van der Waals surface area contributed by atoms with Gasteiger partial charge in [0, 0.05) is 32.1 Å². The van der Waals surface area contributed by atoms with E-state index in [4.69, 9.17) is 0 Å². The van der Waals surface area contributed by atoms with Crippen LogP contribution in [0.5, 0.6) is 0 Å². The van der Waals surface area contributed by atoms with Crippen LogP contribution in [0.4, 0.5) is 0 Å². The van der Waals surface area contributed by atoms with E-state index in [0.717, 1.165) is 69.8 Å². The SMILES string of the molecule is C=CCCC1/C(=C\CCC2CCC2(CCC)C(=O)NCc2cccc(C(=O)NCCNC(C)=O)c2)CCC(O)C1(C)C. The van der Waals surface area contributed by atoms with E-state index in [9.17, 15) is 19.5 Å². The topological polar surface area (TPSA) is 108 Å². The molecule has 2 aliphatic carbocycles. The molecule has 0 aromatic heterocycles. The minimum absolute atomic E-state index is 0.129. The van der Waals surface area contributed by atoms with Gasteiger partial charge in [-0.1, -0.05) is 57.0 Å². The van der Waals surface area contributed by atoms with Gasteiger partial charge in [-0.15, -0.1) is 6.58 Å². The average molecular weight is 580 g/mol. The summed E-state index contributed by atoms with van der Waals surface area (Å²) >= 11 is 0. The number of aliphatic hydroxyl groups excluding tert-OH is 1. The number of nitrogens with one attached hydrogen (secondary N) is 3.